The first-order valence-corrected chi connectivity index (χ1v) is 6.71. The van der Waals surface area contributed by atoms with Crippen molar-refractivity contribution in [2.45, 2.75) is 38.1 Å². The highest BCUT2D eigenvalue weighted by atomic mass is 16.5. The summed E-state index contributed by atoms with van der Waals surface area (Å²) in [6.07, 6.45) is 7.38. The van der Waals surface area contributed by atoms with Crippen molar-refractivity contribution in [2.24, 2.45) is 5.84 Å². The Morgan fingerprint density at radius 3 is 2.78 bits per heavy atom. The van der Waals surface area contributed by atoms with Crippen LogP contribution in [0.15, 0.2) is 42.2 Å². The molecule has 0 aromatic heterocycles. The average molecular weight is 246 g/mol. The van der Waals surface area contributed by atoms with Crippen molar-refractivity contribution in [1.29, 1.82) is 0 Å². The van der Waals surface area contributed by atoms with Crippen LogP contribution in [0.4, 0.5) is 0 Å². The molecule has 0 bridgehead atoms. The number of hydrogen-bond acceptors (Lipinski definition) is 3. The number of rotatable bonds is 6. The molecule has 1 aliphatic rings. The van der Waals surface area contributed by atoms with Gasteiger partial charge in [0.1, 0.15) is 0 Å². The summed E-state index contributed by atoms with van der Waals surface area (Å²) in [7, 11) is 0. The van der Waals surface area contributed by atoms with Gasteiger partial charge in [-0.3, -0.25) is 11.3 Å². The molecule has 1 atom stereocenters. The third-order valence-electron chi connectivity index (χ3n) is 3.41. The van der Waals surface area contributed by atoms with E-state index in [-0.39, 0.29) is 6.04 Å². The summed E-state index contributed by atoms with van der Waals surface area (Å²) < 4.78 is 5.37. The fourth-order valence-corrected chi connectivity index (χ4v) is 2.37. The average Bonchev–Trinajstić information content (AvgIpc) is 2.46. The smallest absolute Gasteiger partial charge is 0.0876 e. The zero-order valence-electron chi connectivity index (χ0n) is 10.8. The van der Waals surface area contributed by atoms with Crippen molar-refractivity contribution >= 4 is 0 Å². The number of nitrogens with two attached hydrogens (primary N) is 1. The van der Waals surface area contributed by atoms with Crippen molar-refractivity contribution in [2.75, 3.05) is 6.61 Å². The molecule has 0 spiro atoms. The summed E-state index contributed by atoms with van der Waals surface area (Å²) in [5, 5.41) is 0. The largest absolute Gasteiger partial charge is 0.501 e. The minimum absolute atomic E-state index is 0.258. The predicted octanol–water partition coefficient (Wildman–Crippen LogP) is 2.54. The van der Waals surface area contributed by atoms with Crippen LogP contribution in [0.3, 0.4) is 0 Å². The number of ether oxygens (including phenoxy) is 1. The maximum absolute atomic E-state index is 5.64. The molecule has 18 heavy (non-hydrogen) atoms. The van der Waals surface area contributed by atoms with Gasteiger partial charge in [0.2, 0.25) is 0 Å². The van der Waals surface area contributed by atoms with E-state index in [4.69, 9.17) is 10.6 Å². The molecule has 0 amide bonds. The first kappa shape index (κ1) is 13.1. The van der Waals surface area contributed by atoms with E-state index in [0.717, 1.165) is 38.7 Å². The highest BCUT2D eigenvalue weighted by molar-refractivity contribution is 5.15. The van der Waals surface area contributed by atoms with Crippen LogP contribution in [-0.4, -0.2) is 12.6 Å². The monoisotopic (exact) mass is 246 g/mol. The van der Waals surface area contributed by atoms with Crippen LogP contribution in [0.1, 0.15) is 31.2 Å². The van der Waals surface area contributed by atoms with Crippen molar-refractivity contribution < 1.29 is 4.74 Å². The van der Waals surface area contributed by atoms with Crippen LogP contribution in [0.2, 0.25) is 0 Å². The van der Waals surface area contributed by atoms with E-state index in [1.807, 2.05) is 6.26 Å². The van der Waals surface area contributed by atoms with Crippen LogP contribution in [0.25, 0.3) is 0 Å². The molecule has 98 valence electrons. The number of hydrazine groups is 1. The van der Waals surface area contributed by atoms with E-state index in [9.17, 15) is 0 Å². The fourth-order valence-electron chi connectivity index (χ4n) is 2.37. The normalized spacial score (nSPS) is 16.8. The van der Waals surface area contributed by atoms with Gasteiger partial charge in [-0.05, 0) is 43.2 Å². The van der Waals surface area contributed by atoms with Crippen molar-refractivity contribution in [3.05, 3.63) is 47.7 Å². The maximum Gasteiger partial charge on any atom is 0.0876 e. The Bertz CT molecular complexity index is 375. The molecular weight excluding hydrogens is 224 g/mol. The number of benzene rings is 1. The molecule has 3 N–H and O–H groups in total. The Labute approximate surface area is 109 Å². The summed E-state index contributed by atoms with van der Waals surface area (Å²) in [5.74, 6) is 5.64. The molecule has 1 unspecified atom stereocenters. The minimum atomic E-state index is 0.258. The van der Waals surface area contributed by atoms with Crippen LogP contribution in [0.5, 0.6) is 0 Å². The van der Waals surface area contributed by atoms with Crippen LogP contribution in [0, 0.1) is 0 Å². The summed E-state index contributed by atoms with van der Waals surface area (Å²) in [6.45, 7) is 0.838. The van der Waals surface area contributed by atoms with Crippen LogP contribution < -0.4 is 11.3 Å². The molecule has 3 heteroatoms. The van der Waals surface area contributed by atoms with Gasteiger partial charge in [-0.2, -0.15) is 0 Å². The second kappa shape index (κ2) is 7.19. The van der Waals surface area contributed by atoms with E-state index in [2.05, 4.69) is 35.8 Å². The molecule has 2 rings (SSSR count). The quantitative estimate of drug-likeness (QED) is 0.599. The number of aryl methyl sites for hydroxylation is 1. The lowest BCUT2D eigenvalue weighted by molar-refractivity contribution is 0.218. The lowest BCUT2D eigenvalue weighted by Gasteiger charge is -2.22. The Balaban J connectivity index is 1.79. The van der Waals surface area contributed by atoms with Gasteiger partial charge in [0, 0.05) is 6.04 Å². The Morgan fingerprint density at radius 1 is 1.28 bits per heavy atom. The highest BCUT2D eigenvalue weighted by Gasteiger charge is 2.15. The lowest BCUT2D eigenvalue weighted by atomic mass is 9.96. The lowest BCUT2D eigenvalue weighted by Crippen LogP contribution is -2.37. The van der Waals surface area contributed by atoms with Gasteiger partial charge in [-0.25, -0.2) is 0 Å². The SMILES string of the molecule is NNC(CCCc1ccccc1)C1=COCCC1. The predicted molar refractivity (Wildman–Crippen MR) is 73.8 cm³/mol. The summed E-state index contributed by atoms with van der Waals surface area (Å²) >= 11 is 0. The van der Waals surface area contributed by atoms with Crippen molar-refractivity contribution in [1.82, 2.24) is 5.43 Å². The molecule has 1 heterocycles. The summed E-state index contributed by atoms with van der Waals surface area (Å²) in [6, 6.07) is 10.8. The van der Waals surface area contributed by atoms with Gasteiger partial charge in [-0.15, -0.1) is 0 Å². The third-order valence-corrected chi connectivity index (χ3v) is 3.41. The second-order valence-electron chi connectivity index (χ2n) is 4.76. The molecule has 0 aliphatic carbocycles. The Hall–Kier alpha value is -1.32. The van der Waals surface area contributed by atoms with E-state index >= 15 is 0 Å². The van der Waals surface area contributed by atoms with E-state index in [0.29, 0.717) is 0 Å². The number of nitrogens with one attached hydrogen (secondary N) is 1. The Kier molecular flexibility index (Phi) is 5.24. The molecule has 0 saturated heterocycles. The van der Waals surface area contributed by atoms with Crippen molar-refractivity contribution in [3.63, 3.8) is 0 Å². The minimum Gasteiger partial charge on any atom is -0.501 e. The van der Waals surface area contributed by atoms with Gasteiger partial charge in [0.15, 0.2) is 0 Å². The molecule has 1 aromatic carbocycles. The molecule has 1 aliphatic heterocycles. The first-order valence-electron chi connectivity index (χ1n) is 6.71. The molecule has 1 aromatic rings. The van der Waals surface area contributed by atoms with Gasteiger partial charge < -0.3 is 4.74 Å². The van der Waals surface area contributed by atoms with E-state index in [1.165, 1.54) is 11.1 Å². The first-order chi connectivity index (χ1) is 8.90. The Morgan fingerprint density at radius 2 is 2.11 bits per heavy atom. The fraction of sp³-hybridized carbons (Fsp3) is 0.467. The van der Waals surface area contributed by atoms with Crippen molar-refractivity contribution in [3.8, 4) is 0 Å². The molecule has 0 saturated carbocycles. The van der Waals surface area contributed by atoms with Gasteiger partial charge in [0.25, 0.3) is 0 Å². The zero-order valence-corrected chi connectivity index (χ0v) is 10.8. The maximum atomic E-state index is 5.64. The van der Waals surface area contributed by atoms with E-state index < -0.39 is 0 Å². The zero-order chi connectivity index (χ0) is 12.6. The standard InChI is InChI=1S/C15H22N2O/c16-17-15(14-9-5-11-18-12-14)10-4-8-13-6-2-1-3-7-13/h1-3,6-7,12,15,17H,4-5,8-11,16H2. The highest BCUT2D eigenvalue weighted by Crippen LogP contribution is 2.19. The third kappa shape index (κ3) is 3.86. The van der Waals surface area contributed by atoms with Crippen LogP contribution >= 0.6 is 0 Å². The number of hydrogen-bond donors (Lipinski definition) is 2. The topological polar surface area (TPSA) is 47.3 Å². The molecule has 3 nitrogen and oxygen atoms in total. The van der Waals surface area contributed by atoms with Gasteiger partial charge in [-0.1, -0.05) is 30.3 Å². The van der Waals surface area contributed by atoms with Gasteiger partial charge >= 0.3 is 0 Å². The second-order valence-corrected chi connectivity index (χ2v) is 4.76. The van der Waals surface area contributed by atoms with E-state index in [1.54, 1.807) is 0 Å². The van der Waals surface area contributed by atoms with Gasteiger partial charge in [0.05, 0.1) is 12.9 Å². The molecule has 0 fully saturated rings. The van der Waals surface area contributed by atoms with Crippen LogP contribution in [-0.2, 0) is 11.2 Å². The molecule has 0 radical (unpaired) electrons. The summed E-state index contributed by atoms with van der Waals surface area (Å²) in [5.41, 5.74) is 5.60. The summed E-state index contributed by atoms with van der Waals surface area (Å²) in [4.78, 5) is 0. The molecular formula is C15H22N2O.